The fourth-order valence-electron chi connectivity index (χ4n) is 2.25. The standard InChI is InChI=1S/C18H19N3O2.ClH/c1-14-10-17(21-23-14)12-19-11-15-6-2-3-8-18(15)22-13-16-7-4-5-9-20-16;/h2-10,19H,11-13H2,1H3;1H. The van der Waals surface area contributed by atoms with Crippen LogP contribution >= 0.6 is 12.4 Å². The Morgan fingerprint density at radius 3 is 2.62 bits per heavy atom. The van der Waals surface area contributed by atoms with Crippen LogP contribution in [0.1, 0.15) is 22.7 Å². The molecule has 0 fully saturated rings. The zero-order valence-electron chi connectivity index (χ0n) is 13.4. The van der Waals surface area contributed by atoms with Crippen LogP contribution in [0.2, 0.25) is 0 Å². The van der Waals surface area contributed by atoms with Crippen LogP contribution in [-0.4, -0.2) is 10.1 Å². The summed E-state index contributed by atoms with van der Waals surface area (Å²) in [5.41, 5.74) is 2.91. The third kappa shape index (κ3) is 5.08. The predicted octanol–water partition coefficient (Wildman–Crippen LogP) is 3.67. The maximum absolute atomic E-state index is 5.89. The summed E-state index contributed by atoms with van der Waals surface area (Å²) in [5.74, 6) is 1.68. The molecule has 0 radical (unpaired) electrons. The normalized spacial score (nSPS) is 10.2. The number of para-hydroxylation sites is 1. The van der Waals surface area contributed by atoms with Crippen molar-refractivity contribution in [2.24, 2.45) is 0 Å². The third-order valence-electron chi connectivity index (χ3n) is 3.37. The van der Waals surface area contributed by atoms with Gasteiger partial charge >= 0.3 is 0 Å². The Balaban J connectivity index is 0.00000208. The van der Waals surface area contributed by atoms with Gasteiger partial charge in [0.1, 0.15) is 18.1 Å². The number of hydrogen-bond acceptors (Lipinski definition) is 5. The molecule has 24 heavy (non-hydrogen) atoms. The number of pyridine rings is 1. The summed E-state index contributed by atoms with van der Waals surface area (Å²) in [6.07, 6.45) is 1.77. The Morgan fingerprint density at radius 2 is 1.88 bits per heavy atom. The number of hydrogen-bond donors (Lipinski definition) is 1. The topological polar surface area (TPSA) is 60.2 Å². The highest BCUT2D eigenvalue weighted by atomic mass is 35.5. The molecule has 0 aliphatic heterocycles. The van der Waals surface area contributed by atoms with Gasteiger partial charge in [0.05, 0.1) is 11.4 Å². The van der Waals surface area contributed by atoms with Crippen molar-refractivity contribution in [2.75, 3.05) is 0 Å². The van der Waals surface area contributed by atoms with Gasteiger partial charge in [-0.25, -0.2) is 0 Å². The van der Waals surface area contributed by atoms with Crippen LogP contribution in [0.3, 0.4) is 0 Å². The molecule has 0 saturated heterocycles. The number of nitrogens with zero attached hydrogens (tertiary/aromatic N) is 2. The van der Waals surface area contributed by atoms with Crippen molar-refractivity contribution in [3.05, 3.63) is 77.4 Å². The lowest BCUT2D eigenvalue weighted by atomic mass is 10.2. The third-order valence-corrected chi connectivity index (χ3v) is 3.37. The summed E-state index contributed by atoms with van der Waals surface area (Å²) in [6, 6.07) is 15.7. The van der Waals surface area contributed by atoms with Gasteiger partial charge < -0.3 is 14.6 Å². The molecule has 0 spiro atoms. The van der Waals surface area contributed by atoms with E-state index >= 15 is 0 Å². The maximum Gasteiger partial charge on any atom is 0.133 e. The van der Waals surface area contributed by atoms with Crippen LogP contribution in [0.15, 0.2) is 59.3 Å². The van der Waals surface area contributed by atoms with E-state index in [0.29, 0.717) is 19.7 Å². The monoisotopic (exact) mass is 345 g/mol. The van der Waals surface area contributed by atoms with Crippen LogP contribution in [0.4, 0.5) is 0 Å². The van der Waals surface area contributed by atoms with E-state index in [1.54, 1.807) is 6.20 Å². The van der Waals surface area contributed by atoms with Crippen molar-refractivity contribution in [3.8, 4) is 5.75 Å². The van der Waals surface area contributed by atoms with Gasteiger partial charge in [0.15, 0.2) is 0 Å². The SMILES string of the molecule is Cc1cc(CNCc2ccccc2OCc2ccccn2)no1.Cl. The van der Waals surface area contributed by atoms with Crippen molar-refractivity contribution in [2.45, 2.75) is 26.6 Å². The minimum atomic E-state index is 0. The molecule has 1 N–H and O–H groups in total. The Bertz CT molecular complexity index is 747. The zero-order valence-corrected chi connectivity index (χ0v) is 14.3. The molecule has 0 atom stereocenters. The Labute approximate surface area is 147 Å². The summed E-state index contributed by atoms with van der Waals surface area (Å²) >= 11 is 0. The van der Waals surface area contributed by atoms with Crippen LogP contribution in [-0.2, 0) is 19.7 Å². The molecule has 3 rings (SSSR count). The van der Waals surface area contributed by atoms with E-state index in [4.69, 9.17) is 9.26 Å². The van der Waals surface area contributed by atoms with Crippen molar-refractivity contribution in [1.82, 2.24) is 15.5 Å². The minimum absolute atomic E-state index is 0. The van der Waals surface area contributed by atoms with Gasteiger partial charge in [0.2, 0.25) is 0 Å². The molecule has 0 saturated carbocycles. The number of benzene rings is 1. The summed E-state index contributed by atoms with van der Waals surface area (Å²) in [6.45, 7) is 3.70. The fraction of sp³-hybridized carbons (Fsp3) is 0.222. The second-order valence-electron chi connectivity index (χ2n) is 5.25. The van der Waals surface area contributed by atoms with E-state index in [1.807, 2.05) is 49.4 Å². The van der Waals surface area contributed by atoms with Crippen molar-refractivity contribution < 1.29 is 9.26 Å². The molecule has 0 aliphatic rings. The van der Waals surface area contributed by atoms with Crippen LogP contribution < -0.4 is 10.1 Å². The number of aromatic nitrogens is 2. The predicted molar refractivity (Wildman–Crippen MR) is 94.0 cm³/mol. The van der Waals surface area contributed by atoms with Gasteiger partial charge in [-0.1, -0.05) is 29.4 Å². The van der Waals surface area contributed by atoms with Crippen molar-refractivity contribution in [1.29, 1.82) is 0 Å². The molecule has 1 aromatic carbocycles. The molecule has 0 unspecified atom stereocenters. The van der Waals surface area contributed by atoms with Gasteiger partial charge in [-0.3, -0.25) is 4.98 Å². The Morgan fingerprint density at radius 1 is 1.04 bits per heavy atom. The molecular weight excluding hydrogens is 326 g/mol. The van der Waals surface area contributed by atoms with Crippen molar-refractivity contribution >= 4 is 12.4 Å². The van der Waals surface area contributed by atoms with Gasteiger partial charge in [-0.05, 0) is 25.1 Å². The molecule has 0 amide bonds. The van der Waals surface area contributed by atoms with E-state index in [2.05, 4.69) is 21.5 Å². The first-order valence-electron chi connectivity index (χ1n) is 7.55. The lowest BCUT2D eigenvalue weighted by molar-refractivity contribution is 0.297. The first-order chi connectivity index (χ1) is 11.3. The quantitative estimate of drug-likeness (QED) is 0.708. The molecule has 0 bridgehead atoms. The summed E-state index contributed by atoms with van der Waals surface area (Å²) in [5, 5.41) is 7.32. The first-order valence-corrected chi connectivity index (χ1v) is 7.55. The molecule has 5 nitrogen and oxygen atoms in total. The smallest absolute Gasteiger partial charge is 0.133 e. The van der Waals surface area contributed by atoms with E-state index in [1.165, 1.54) is 0 Å². The van der Waals surface area contributed by atoms with E-state index in [0.717, 1.165) is 28.5 Å². The second-order valence-corrected chi connectivity index (χ2v) is 5.25. The average molecular weight is 346 g/mol. The van der Waals surface area contributed by atoms with Crippen LogP contribution in [0.25, 0.3) is 0 Å². The van der Waals surface area contributed by atoms with Gasteiger partial charge in [-0.2, -0.15) is 0 Å². The van der Waals surface area contributed by atoms with E-state index < -0.39 is 0 Å². The molecule has 0 aliphatic carbocycles. The molecular formula is C18H20ClN3O2. The van der Waals surface area contributed by atoms with E-state index in [9.17, 15) is 0 Å². The highest BCUT2D eigenvalue weighted by Gasteiger charge is 2.05. The van der Waals surface area contributed by atoms with Crippen LogP contribution in [0, 0.1) is 6.92 Å². The molecule has 2 heterocycles. The number of nitrogens with one attached hydrogen (secondary N) is 1. The van der Waals surface area contributed by atoms with E-state index in [-0.39, 0.29) is 12.4 Å². The maximum atomic E-state index is 5.89. The first kappa shape index (κ1) is 18.0. The van der Waals surface area contributed by atoms with Crippen molar-refractivity contribution in [3.63, 3.8) is 0 Å². The average Bonchev–Trinajstić information content (AvgIpc) is 3.00. The summed E-state index contributed by atoms with van der Waals surface area (Å²) in [4.78, 5) is 4.27. The highest BCUT2D eigenvalue weighted by molar-refractivity contribution is 5.85. The number of halogens is 1. The number of rotatable bonds is 7. The fourth-order valence-corrected chi connectivity index (χ4v) is 2.25. The molecule has 126 valence electrons. The Kier molecular flexibility index (Phi) is 6.78. The summed E-state index contributed by atoms with van der Waals surface area (Å²) < 4.78 is 11.0. The molecule has 3 aromatic rings. The summed E-state index contributed by atoms with van der Waals surface area (Å²) in [7, 11) is 0. The minimum Gasteiger partial charge on any atom is -0.487 e. The van der Waals surface area contributed by atoms with Gasteiger partial charge in [0.25, 0.3) is 0 Å². The molecule has 2 aromatic heterocycles. The van der Waals surface area contributed by atoms with Gasteiger partial charge in [0, 0.05) is 30.9 Å². The number of ether oxygens (including phenoxy) is 1. The lowest BCUT2D eigenvalue weighted by Crippen LogP contribution is -2.14. The second kappa shape index (κ2) is 9.05. The molecule has 6 heteroatoms. The zero-order chi connectivity index (χ0) is 15.9. The lowest BCUT2D eigenvalue weighted by Gasteiger charge is -2.11. The largest absolute Gasteiger partial charge is 0.487 e. The Hall–Kier alpha value is -2.37. The number of aryl methyl sites for hydroxylation is 1. The highest BCUT2D eigenvalue weighted by Crippen LogP contribution is 2.19. The van der Waals surface area contributed by atoms with Crippen LogP contribution in [0.5, 0.6) is 5.75 Å². The van der Waals surface area contributed by atoms with Gasteiger partial charge in [-0.15, -0.1) is 12.4 Å².